The molecule has 0 atom stereocenters. The van der Waals surface area contributed by atoms with E-state index in [1.165, 1.54) is 6.92 Å². The molecule has 6 nitrogen and oxygen atoms in total. The number of nitrogens with zero attached hydrogens (tertiary/aromatic N) is 3. The van der Waals surface area contributed by atoms with Gasteiger partial charge in [0.1, 0.15) is 0 Å². The quantitative estimate of drug-likeness (QED) is 0.805. The Hall–Kier alpha value is -3.15. The van der Waals surface area contributed by atoms with E-state index >= 15 is 0 Å². The number of carbonyl (C=O) groups excluding carboxylic acids is 1. The van der Waals surface area contributed by atoms with Crippen LogP contribution in [-0.2, 0) is 11.8 Å². The molecule has 2 heterocycles. The molecular formula is C18H18N4O2. The highest BCUT2D eigenvalue weighted by molar-refractivity contribution is 5.88. The summed E-state index contributed by atoms with van der Waals surface area (Å²) >= 11 is 0. The number of nitrogens with one attached hydrogen (secondary N) is 1. The van der Waals surface area contributed by atoms with Crippen LogP contribution < -0.4 is 10.9 Å². The Kier molecular flexibility index (Phi) is 4.04. The summed E-state index contributed by atoms with van der Waals surface area (Å²) < 4.78 is 3.42. The lowest BCUT2D eigenvalue weighted by molar-refractivity contribution is -0.114. The average molecular weight is 322 g/mol. The zero-order chi connectivity index (χ0) is 17.3. The van der Waals surface area contributed by atoms with Crippen LogP contribution in [0.25, 0.3) is 16.9 Å². The van der Waals surface area contributed by atoms with Crippen molar-refractivity contribution in [2.75, 3.05) is 5.32 Å². The van der Waals surface area contributed by atoms with Gasteiger partial charge in [0, 0.05) is 43.7 Å². The van der Waals surface area contributed by atoms with E-state index in [1.54, 1.807) is 41.4 Å². The van der Waals surface area contributed by atoms with Gasteiger partial charge in [-0.25, -0.2) is 4.98 Å². The zero-order valence-electron chi connectivity index (χ0n) is 13.8. The first-order valence-electron chi connectivity index (χ1n) is 7.54. The lowest BCUT2D eigenvalue weighted by Crippen LogP contribution is -2.18. The minimum Gasteiger partial charge on any atom is -0.340 e. The van der Waals surface area contributed by atoms with Crippen LogP contribution in [0.2, 0.25) is 0 Å². The van der Waals surface area contributed by atoms with Crippen molar-refractivity contribution in [1.29, 1.82) is 0 Å². The smallest absolute Gasteiger partial charge is 0.255 e. The maximum absolute atomic E-state index is 12.4. The summed E-state index contributed by atoms with van der Waals surface area (Å²) in [7, 11) is 1.90. The maximum Gasteiger partial charge on any atom is 0.255 e. The first-order valence-corrected chi connectivity index (χ1v) is 7.54. The molecule has 0 radical (unpaired) electrons. The van der Waals surface area contributed by atoms with E-state index in [2.05, 4.69) is 10.3 Å². The number of anilines is 1. The fourth-order valence-corrected chi connectivity index (χ4v) is 2.59. The third-order valence-corrected chi connectivity index (χ3v) is 3.69. The molecular weight excluding hydrogens is 304 g/mol. The van der Waals surface area contributed by atoms with Gasteiger partial charge in [-0.2, -0.15) is 0 Å². The molecule has 0 spiro atoms. The van der Waals surface area contributed by atoms with Crippen molar-refractivity contribution in [2.45, 2.75) is 13.8 Å². The predicted molar refractivity (Wildman–Crippen MR) is 93.3 cm³/mol. The number of carbonyl (C=O) groups is 1. The molecule has 3 rings (SSSR count). The molecule has 1 aromatic carbocycles. The van der Waals surface area contributed by atoms with Crippen molar-refractivity contribution in [3.8, 4) is 16.9 Å². The van der Waals surface area contributed by atoms with Crippen molar-refractivity contribution in [1.82, 2.24) is 14.1 Å². The van der Waals surface area contributed by atoms with Gasteiger partial charge >= 0.3 is 0 Å². The molecule has 24 heavy (non-hydrogen) atoms. The zero-order valence-corrected chi connectivity index (χ0v) is 13.8. The number of imidazole rings is 1. The monoisotopic (exact) mass is 322 g/mol. The normalized spacial score (nSPS) is 10.6. The highest BCUT2D eigenvalue weighted by Gasteiger charge is 2.10. The van der Waals surface area contributed by atoms with Crippen molar-refractivity contribution in [3.63, 3.8) is 0 Å². The summed E-state index contributed by atoms with van der Waals surface area (Å²) in [5.41, 5.74) is 3.76. The molecule has 122 valence electrons. The van der Waals surface area contributed by atoms with Gasteiger partial charge < -0.3 is 9.88 Å². The third kappa shape index (κ3) is 3.12. The van der Waals surface area contributed by atoms with Crippen LogP contribution >= 0.6 is 0 Å². The van der Waals surface area contributed by atoms with E-state index in [1.807, 2.05) is 30.8 Å². The van der Waals surface area contributed by atoms with Gasteiger partial charge in [0.2, 0.25) is 5.91 Å². The van der Waals surface area contributed by atoms with Gasteiger partial charge in [0.05, 0.1) is 17.7 Å². The van der Waals surface area contributed by atoms with Gasteiger partial charge in [0.25, 0.3) is 5.56 Å². The van der Waals surface area contributed by atoms with Crippen molar-refractivity contribution >= 4 is 11.6 Å². The molecule has 0 bridgehead atoms. The van der Waals surface area contributed by atoms with Crippen LogP contribution in [0.3, 0.4) is 0 Å². The Balaban J connectivity index is 2.11. The van der Waals surface area contributed by atoms with Crippen molar-refractivity contribution < 1.29 is 4.79 Å². The number of aromatic nitrogens is 3. The molecule has 0 fully saturated rings. The molecule has 0 saturated heterocycles. The van der Waals surface area contributed by atoms with E-state index in [0.717, 1.165) is 16.8 Å². The molecule has 0 aliphatic carbocycles. The van der Waals surface area contributed by atoms with Crippen LogP contribution in [0.4, 0.5) is 5.69 Å². The lowest BCUT2D eigenvalue weighted by Gasteiger charge is -2.11. The topological polar surface area (TPSA) is 68.9 Å². The fourth-order valence-electron chi connectivity index (χ4n) is 2.59. The largest absolute Gasteiger partial charge is 0.340 e. The summed E-state index contributed by atoms with van der Waals surface area (Å²) in [6.45, 7) is 3.34. The van der Waals surface area contributed by atoms with Crippen molar-refractivity contribution in [3.05, 3.63) is 65.0 Å². The summed E-state index contributed by atoms with van der Waals surface area (Å²) in [5, 5.41) is 2.73. The Morgan fingerprint density at radius 2 is 2.00 bits per heavy atom. The van der Waals surface area contributed by atoms with Crippen LogP contribution in [0.1, 0.15) is 12.5 Å². The molecule has 0 unspecified atom stereocenters. The lowest BCUT2D eigenvalue weighted by atomic mass is 10.1. The molecule has 1 N–H and O–H groups in total. The fraction of sp³-hybridized carbons (Fsp3) is 0.167. The second-order valence-corrected chi connectivity index (χ2v) is 5.73. The van der Waals surface area contributed by atoms with E-state index in [9.17, 15) is 9.59 Å². The summed E-state index contributed by atoms with van der Waals surface area (Å²) in [5.74, 6) is -0.155. The second-order valence-electron chi connectivity index (χ2n) is 5.73. The minimum atomic E-state index is -0.155. The third-order valence-electron chi connectivity index (χ3n) is 3.69. The Bertz CT molecular complexity index is 969. The number of hydrogen-bond donors (Lipinski definition) is 1. The van der Waals surface area contributed by atoms with Gasteiger partial charge in [-0.15, -0.1) is 0 Å². The number of benzene rings is 1. The van der Waals surface area contributed by atoms with Gasteiger partial charge in [-0.1, -0.05) is 6.07 Å². The molecule has 0 saturated carbocycles. The van der Waals surface area contributed by atoms with E-state index in [4.69, 9.17) is 0 Å². The number of pyridine rings is 1. The van der Waals surface area contributed by atoms with E-state index < -0.39 is 0 Å². The second kappa shape index (κ2) is 6.16. The number of hydrogen-bond acceptors (Lipinski definition) is 3. The summed E-state index contributed by atoms with van der Waals surface area (Å²) in [6.07, 6.45) is 5.42. The van der Waals surface area contributed by atoms with Crippen LogP contribution in [0.5, 0.6) is 0 Å². The maximum atomic E-state index is 12.4. The SMILES string of the molecule is CC(=O)Nc1cccc(-n2cc(-c3cn(C)cn3)c(C)cc2=O)c1. The molecule has 2 aromatic heterocycles. The van der Waals surface area contributed by atoms with Crippen LogP contribution in [-0.4, -0.2) is 20.0 Å². The Morgan fingerprint density at radius 3 is 2.67 bits per heavy atom. The van der Waals surface area contributed by atoms with Crippen LogP contribution in [0.15, 0.2) is 53.8 Å². The minimum absolute atomic E-state index is 0.132. The van der Waals surface area contributed by atoms with Gasteiger partial charge in [-0.3, -0.25) is 14.2 Å². The summed E-state index contributed by atoms with van der Waals surface area (Å²) in [6, 6.07) is 8.76. The summed E-state index contributed by atoms with van der Waals surface area (Å²) in [4.78, 5) is 28.0. The molecule has 1 amide bonds. The van der Waals surface area contributed by atoms with E-state index in [0.29, 0.717) is 11.4 Å². The number of aryl methyl sites for hydroxylation is 2. The standard InChI is InChI=1S/C18H18N4O2/c1-12-7-18(24)22(9-16(12)17-10-21(3)11-19-17)15-6-4-5-14(8-15)20-13(2)23/h4-11H,1-3H3,(H,20,23). The van der Waals surface area contributed by atoms with Gasteiger partial charge in [0.15, 0.2) is 0 Å². The first-order chi connectivity index (χ1) is 11.4. The Labute approximate surface area is 139 Å². The van der Waals surface area contributed by atoms with Gasteiger partial charge in [-0.05, 0) is 30.7 Å². The average Bonchev–Trinajstić information content (AvgIpc) is 2.93. The van der Waals surface area contributed by atoms with E-state index in [-0.39, 0.29) is 11.5 Å². The number of amides is 1. The molecule has 0 aliphatic rings. The highest BCUT2D eigenvalue weighted by Crippen LogP contribution is 2.22. The Morgan fingerprint density at radius 1 is 1.21 bits per heavy atom. The predicted octanol–water partition coefficient (Wildman–Crippen LogP) is 2.50. The number of rotatable bonds is 3. The molecule has 3 aromatic rings. The molecule has 0 aliphatic heterocycles. The first kappa shape index (κ1) is 15.7. The molecule has 6 heteroatoms. The highest BCUT2D eigenvalue weighted by atomic mass is 16.1. The van der Waals surface area contributed by atoms with Crippen molar-refractivity contribution in [2.24, 2.45) is 7.05 Å². The van der Waals surface area contributed by atoms with Crippen LogP contribution in [0, 0.1) is 6.92 Å².